The van der Waals surface area contributed by atoms with Crippen LogP contribution in [-0.2, 0) is 11.2 Å². The van der Waals surface area contributed by atoms with Gasteiger partial charge >= 0.3 is 0 Å². The average Bonchev–Trinajstić information content (AvgIpc) is 3.26. The number of allylic oxidation sites excluding steroid dienone is 1. The lowest BCUT2D eigenvalue weighted by atomic mass is 9.87. The molecule has 1 aliphatic rings. The van der Waals surface area contributed by atoms with E-state index in [4.69, 9.17) is 9.26 Å². The third kappa shape index (κ3) is 3.36. The monoisotopic (exact) mass is 360 g/mol. The molecule has 5 nitrogen and oxygen atoms in total. The van der Waals surface area contributed by atoms with Crippen LogP contribution in [0.2, 0.25) is 0 Å². The molecule has 4 rings (SSSR count). The summed E-state index contributed by atoms with van der Waals surface area (Å²) in [6.07, 6.45) is 4.59. The van der Waals surface area contributed by atoms with E-state index in [1.165, 1.54) is 23.6 Å². The molecule has 0 aliphatic heterocycles. The Balaban J connectivity index is 1.71. The number of methoxy groups -OCH3 is 1. The normalized spacial score (nSPS) is 15.2. The van der Waals surface area contributed by atoms with Crippen LogP contribution in [0.25, 0.3) is 11.6 Å². The number of aromatic nitrogens is 1. The highest BCUT2D eigenvalue weighted by atomic mass is 16.5. The van der Waals surface area contributed by atoms with E-state index >= 15 is 0 Å². The minimum absolute atomic E-state index is 0.154. The molecule has 0 radical (unpaired) electrons. The zero-order valence-corrected chi connectivity index (χ0v) is 15.2. The molecular formula is C22H20N2O3. The van der Waals surface area contributed by atoms with Crippen LogP contribution in [0, 0.1) is 0 Å². The summed E-state index contributed by atoms with van der Waals surface area (Å²) in [5.74, 6) is 1.28. The third-order valence-corrected chi connectivity index (χ3v) is 4.83. The quantitative estimate of drug-likeness (QED) is 0.726. The van der Waals surface area contributed by atoms with Crippen LogP contribution < -0.4 is 10.1 Å². The number of hydrogen-bond donors (Lipinski definition) is 1. The molecule has 0 spiro atoms. The van der Waals surface area contributed by atoms with Crippen molar-refractivity contribution >= 4 is 23.4 Å². The number of nitrogens with one attached hydrogen (secondary N) is 1. The molecule has 27 heavy (non-hydrogen) atoms. The largest absolute Gasteiger partial charge is 0.497 e. The molecule has 0 fully saturated rings. The van der Waals surface area contributed by atoms with Crippen molar-refractivity contribution in [1.82, 2.24) is 5.16 Å². The van der Waals surface area contributed by atoms with Crippen LogP contribution in [0.1, 0.15) is 35.1 Å². The van der Waals surface area contributed by atoms with E-state index in [2.05, 4.69) is 46.9 Å². The van der Waals surface area contributed by atoms with Crippen molar-refractivity contribution < 1.29 is 14.1 Å². The van der Waals surface area contributed by atoms with Gasteiger partial charge in [-0.25, -0.2) is 0 Å². The fourth-order valence-electron chi connectivity index (χ4n) is 3.58. The Labute approximate surface area is 157 Å². The Kier molecular flexibility index (Phi) is 4.50. The molecule has 1 aliphatic carbocycles. The number of benzene rings is 2. The van der Waals surface area contributed by atoms with E-state index in [9.17, 15) is 4.79 Å². The van der Waals surface area contributed by atoms with Crippen molar-refractivity contribution in [2.75, 3.05) is 12.4 Å². The van der Waals surface area contributed by atoms with Crippen LogP contribution >= 0.6 is 0 Å². The summed E-state index contributed by atoms with van der Waals surface area (Å²) < 4.78 is 10.4. The molecule has 0 bridgehead atoms. The summed E-state index contributed by atoms with van der Waals surface area (Å²) in [7, 11) is 1.67. The summed E-state index contributed by atoms with van der Waals surface area (Å²) in [4.78, 5) is 11.5. The Morgan fingerprint density at radius 3 is 2.70 bits per heavy atom. The highest BCUT2D eigenvalue weighted by molar-refractivity contribution is 5.97. The summed E-state index contributed by atoms with van der Waals surface area (Å²) in [5, 5.41) is 6.72. The van der Waals surface area contributed by atoms with E-state index in [0.717, 1.165) is 23.3 Å². The first-order valence-corrected chi connectivity index (χ1v) is 8.81. The number of carbonyl (C=O) groups excluding carboxylic acids is 1. The molecule has 0 saturated heterocycles. The number of ether oxygens (including phenoxy) is 1. The molecule has 3 aromatic rings. The van der Waals surface area contributed by atoms with Crippen LogP contribution in [0.15, 0.2) is 59.3 Å². The first-order valence-electron chi connectivity index (χ1n) is 8.81. The molecule has 1 N–H and O–H groups in total. The highest BCUT2D eigenvalue weighted by Gasteiger charge is 2.29. The number of amides is 1. The first kappa shape index (κ1) is 17.1. The van der Waals surface area contributed by atoms with Crippen LogP contribution in [0.3, 0.4) is 0 Å². The summed E-state index contributed by atoms with van der Waals surface area (Å²) in [6.45, 7) is 1.46. The van der Waals surface area contributed by atoms with Crippen LogP contribution in [-0.4, -0.2) is 18.2 Å². The van der Waals surface area contributed by atoms with Gasteiger partial charge in [-0.3, -0.25) is 4.79 Å². The Hall–Kier alpha value is -3.34. The maximum absolute atomic E-state index is 11.5. The fraction of sp³-hybridized carbons (Fsp3) is 0.182. The molecule has 1 heterocycles. The first-order chi connectivity index (χ1) is 13.2. The molecule has 2 aromatic carbocycles. The van der Waals surface area contributed by atoms with Gasteiger partial charge in [0.25, 0.3) is 0 Å². The van der Waals surface area contributed by atoms with Crippen molar-refractivity contribution in [3.05, 3.63) is 77.0 Å². The van der Waals surface area contributed by atoms with Crippen molar-refractivity contribution in [3.8, 4) is 5.75 Å². The van der Waals surface area contributed by atoms with Gasteiger partial charge in [0.1, 0.15) is 12.0 Å². The number of rotatable bonds is 5. The number of nitrogens with zero attached hydrogens (tertiary/aromatic N) is 1. The van der Waals surface area contributed by atoms with Gasteiger partial charge in [-0.2, -0.15) is 0 Å². The standard InChI is InChI=1S/C22H20N2O3/c1-14(25)23-22-21(13-27-24-22)20-12-16-5-3-4-6-18(16)19(20)11-15-7-9-17(26-2)10-8-15/h3-10,12-13,19H,11H2,1-2H3,(H,23,24,25). The zero-order chi connectivity index (χ0) is 18.8. The van der Waals surface area contributed by atoms with E-state index < -0.39 is 0 Å². The fourth-order valence-corrected chi connectivity index (χ4v) is 3.58. The number of fused-ring (bicyclic) bond motifs is 1. The van der Waals surface area contributed by atoms with E-state index in [0.29, 0.717) is 5.82 Å². The molecule has 1 aromatic heterocycles. The Morgan fingerprint density at radius 1 is 1.19 bits per heavy atom. The maximum atomic E-state index is 11.5. The smallest absolute Gasteiger partial charge is 0.222 e. The minimum Gasteiger partial charge on any atom is -0.497 e. The molecule has 1 atom stereocenters. The maximum Gasteiger partial charge on any atom is 0.222 e. The minimum atomic E-state index is -0.173. The molecule has 1 amide bonds. The Bertz CT molecular complexity index is 1000. The summed E-state index contributed by atoms with van der Waals surface area (Å²) in [6, 6.07) is 16.5. The number of carbonyl (C=O) groups is 1. The summed E-state index contributed by atoms with van der Waals surface area (Å²) >= 11 is 0. The van der Waals surface area contributed by atoms with Crippen molar-refractivity contribution in [2.24, 2.45) is 0 Å². The van der Waals surface area contributed by atoms with E-state index in [1.807, 2.05) is 18.2 Å². The van der Waals surface area contributed by atoms with Gasteiger partial charge in [-0.15, -0.1) is 0 Å². The van der Waals surface area contributed by atoms with Gasteiger partial charge in [0, 0.05) is 12.8 Å². The molecule has 1 unspecified atom stereocenters. The third-order valence-electron chi connectivity index (χ3n) is 4.83. The van der Waals surface area contributed by atoms with Crippen LogP contribution in [0.5, 0.6) is 5.75 Å². The van der Waals surface area contributed by atoms with E-state index in [1.54, 1.807) is 13.4 Å². The van der Waals surface area contributed by atoms with Gasteiger partial charge < -0.3 is 14.6 Å². The number of anilines is 1. The van der Waals surface area contributed by atoms with Gasteiger partial charge in [-0.05, 0) is 46.9 Å². The molecular weight excluding hydrogens is 340 g/mol. The second-order valence-corrected chi connectivity index (χ2v) is 6.59. The lowest BCUT2D eigenvalue weighted by Gasteiger charge is -2.17. The second-order valence-electron chi connectivity index (χ2n) is 6.59. The van der Waals surface area contributed by atoms with Crippen molar-refractivity contribution in [1.29, 1.82) is 0 Å². The van der Waals surface area contributed by atoms with Gasteiger partial charge in [0.05, 0.1) is 12.7 Å². The summed E-state index contributed by atoms with van der Waals surface area (Å²) in [5.41, 5.74) is 5.57. The van der Waals surface area contributed by atoms with Gasteiger partial charge in [0.2, 0.25) is 5.91 Å². The molecule has 5 heteroatoms. The molecule has 0 saturated carbocycles. The highest BCUT2D eigenvalue weighted by Crippen LogP contribution is 2.45. The number of hydrogen-bond acceptors (Lipinski definition) is 4. The SMILES string of the molecule is COc1ccc(CC2C(c3conc3NC(C)=O)=Cc3ccccc32)cc1. The van der Waals surface area contributed by atoms with Crippen LogP contribution in [0.4, 0.5) is 5.82 Å². The average molecular weight is 360 g/mol. The zero-order valence-electron chi connectivity index (χ0n) is 15.2. The topological polar surface area (TPSA) is 64.4 Å². The Morgan fingerprint density at radius 2 is 1.96 bits per heavy atom. The van der Waals surface area contributed by atoms with Crippen molar-refractivity contribution in [2.45, 2.75) is 19.3 Å². The molecule has 136 valence electrons. The van der Waals surface area contributed by atoms with Crippen molar-refractivity contribution in [3.63, 3.8) is 0 Å². The predicted octanol–water partition coefficient (Wildman–Crippen LogP) is 4.52. The predicted molar refractivity (Wildman–Crippen MR) is 105 cm³/mol. The second kappa shape index (κ2) is 7.11. The van der Waals surface area contributed by atoms with Gasteiger partial charge in [0.15, 0.2) is 5.82 Å². The lowest BCUT2D eigenvalue weighted by Crippen LogP contribution is -2.09. The lowest BCUT2D eigenvalue weighted by molar-refractivity contribution is -0.114. The van der Waals surface area contributed by atoms with Gasteiger partial charge in [-0.1, -0.05) is 41.6 Å². The van der Waals surface area contributed by atoms with E-state index in [-0.39, 0.29) is 11.8 Å².